The zero-order valence-corrected chi connectivity index (χ0v) is 17.4. The van der Waals surface area contributed by atoms with Crippen molar-refractivity contribution in [2.24, 2.45) is 0 Å². The average Bonchev–Trinajstić information content (AvgIpc) is 2.65. The van der Waals surface area contributed by atoms with Crippen LogP contribution >= 0.6 is 0 Å². The van der Waals surface area contributed by atoms with E-state index in [2.05, 4.69) is 5.32 Å². The van der Waals surface area contributed by atoms with Crippen molar-refractivity contribution in [1.82, 2.24) is 4.90 Å². The SMILES string of the molecule is CC(C)(C)OC(=O)N1CCC(O)(CC(O)CNc2ccc3c(c2)OCCO3)CC1. The first kappa shape index (κ1) is 21.5. The largest absolute Gasteiger partial charge is 0.486 e. The Bertz CT molecular complexity index is 710. The van der Waals surface area contributed by atoms with Crippen LogP contribution in [-0.4, -0.2) is 71.4 Å². The van der Waals surface area contributed by atoms with Crippen molar-refractivity contribution in [2.45, 2.75) is 57.3 Å². The number of fused-ring (bicyclic) bond motifs is 1. The van der Waals surface area contributed by atoms with E-state index < -0.39 is 17.3 Å². The summed E-state index contributed by atoms with van der Waals surface area (Å²) in [5.41, 5.74) is -0.715. The van der Waals surface area contributed by atoms with Crippen molar-refractivity contribution in [2.75, 3.05) is 38.2 Å². The van der Waals surface area contributed by atoms with Gasteiger partial charge in [0.1, 0.15) is 18.8 Å². The number of anilines is 1. The molecule has 0 aliphatic carbocycles. The third-order valence-corrected chi connectivity index (χ3v) is 5.05. The van der Waals surface area contributed by atoms with Gasteiger partial charge in [0, 0.05) is 37.8 Å². The number of carbonyl (C=O) groups is 1. The minimum atomic E-state index is -0.994. The van der Waals surface area contributed by atoms with Gasteiger partial charge >= 0.3 is 6.09 Å². The summed E-state index contributed by atoms with van der Waals surface area (Å²) in [4.78, 5) is 13.8. The smallest absolute Gasteiger partial charge is 0.410 e. The van der Waals surface area contributed by atoms with Crippen molar-refractivity contribution in [1.29, 1.82) is 0 Å². The standard InChI is InChI=1S/C21H32N2O6/c1-20(2,3)29-19(25)23-8-6-21(26,7-9-23)13-16(24)14-22-15-4-5-17-18(12-15)28-11-10-27-17/h4-5,12,16,22,24,26H,6-11,13-14H2,1-3H3. The number of rotatable bonds is 5. The Morgan fingerprint density at radius 3 is 2.55 bits per heavy atom. The Morgan fingerprint density at radius 1 is 1.24 bits per heavy atom. The Kier molecular flexibility index (Phi) is 6.43. The van der Waals surface area contributed by atoms with E-state index in [9.17, 15) is 15.0 Å². The van der Waals surface area contributed by atoms with Gasteiger partial charge in [-0.25, -0.2) is 4.79 Å². The lowest BCUT2D eigenvalue weighted by Gasteiger charge is -2.39. The van der Waals surface area contributed by atoms with E-state index >= 15 is 0 Å². The molecule has 0 spiro atoms. The van der Waals surface area contributed by atoms with E-state index in [-0.39, 0.29) is 12.5 Å². The summed E-state index contributed by atoms with van der Waals surface area (Å²) in [6.45, 7) is 7.68. The molecule has 8 heteroatoms. The summed E-state index contributed by atoms with van der Waals surface area (Å²) >= 11 is 0. The molecule has 1 unspecified atom stereocenters. The Morgan fingerprint density at radius 2 is 1.90 bits per heavy atom. The molecule has 29 heavy (non-hydrogen) atoms. The topological polar surface area (TPSA) is 100 Å². The molecule has 3 N–H and O–H groups in total. The highest BCUT2D eigenvalue weighted by Gasteiger charge is 2.36. The van der Waals surface area contributed by atoms with Gasteiger partial charge in [-0.05, 0) is 45.7 Å². The van der Waals surface area contributed by atoms with Crippen LogP contribution in [0.2, 0.25) is 0 Å². The van der Waals surface area contributed by atoms with Gasteiger partial charge in [0.2, 0.25) is 0 Å². The van der Waals surface area contributed by atoms with Crippen LogP contribution in [0.4, 0.5) is 10.5 Å². The second-order valence-electron chi connectivity index (χ2n) is 8.79. The molecule has 0 radical (unpaired) electrons. The number of amides is 1. The Labute approximate surface area is 171 Å². The number of carbonyl (C=O) groups excluding carboxylic acids is 1. The van der Waals surface area contributed by atoms with Crippen LogP contribution in [0, 0.1) is 0 Å². The Balaban J connectivity index is 1.44. The first-order chi connectivity index (χ1) is 13.6. The van der Waals surface area contributed by atoms with E-state index in [0.29, 0.717) is 57.2 Å². The quantitative estimate of drug-likeness (QED) is 0.688. The fourth-order valence-electron chi connectivity index (χ4n) is 3.54. The van der Waals surface area contributed by atoms with E-state index in [1.807, 2.05) is 39.0 Å². The van der Waals surface area contributed by atoms with Gasteiger partial charge in [-0.1, -0.05) is 0 Å². The second-order valence-corrected chi connectivity index (χ2v) is 8.79. The van der Waals surface area contributed by atoms with Gasteiger partial charge in [-0.3, -0.25) is 0 Å². The summed E-state index contributed by atoms with van der Waals surface area (Å²) in [6.07, 6.45) is -0.0189. The number of hydrogen-bond donors (Lipinski definition) is 3. The number of piperidine rings is 1. The van der Waals surface area contributed by atoms with Gasteiger partial charge in [0.15, 0.2) is 11.5 Å². The average molecular weight is 408 g/mol. The predicted molar refractivity (Wildman–Crippen MR) is 109 cm³/mol. The molecular weight excluding hydrogens is 376 g/mol. The summed E-state index contributed by atoms with van der Waals surface area (Å²) < 4.78 is 16.4. The third-order valence-electron chi connectivity index (χ3n) is 5.05. The van der Waals surface area contributed by atoms with Crippen molar-refractivity contribution in [3.63, 3.8) is 0 Å². The molecule has 1 atom stereocenters. The highest BCUT2D eigenvalue weighted by Crippen LogP contribution is 2.33. The molecule has 3 rings (SSSR count). The number of nitrogens with one attached hydrogen (secondary N) is 1. The van der Waals surface area contributed by atoms with Crippen LogP contribution in [-0.2, 0) is 4.74 Å². The molecule has 0 saturated carbocycles. The summed E-state index contributed by atoms with van der Waals surface area (Å²) in [7, 11) is 0. The second kappa shape index (κ2) is 8.67. The predicted octanol–water partition coefficient (Wildman–Crippen LogP) is 2.38. The number of likely N-dealkylation sites (tertiary alicyclic amines) is 1. The lowest BCUT2D eigenvalue weighted by atomic mass is 9.86. The number of aliphatic hydroxyl groups is 2. The number of aliphatic hydroxyl groups excluding tert-OH is 1. The van der Waals surface area contributed by atoms with E-state index in [1.54, 1.807) is 4.90 Å². The molecular formula is C21H32N2O6. The maximum Gasteiger partial charge on any atom is 0.410 e. The van der Waals surface area contributed by atoms with E-state index in [1.165, 1.54) is 0 Å². The van der Waals surface area contributed by atoms with Gasteiger partial charge in [0.05, 0.1) is 11.7 Å². The zero-order valence-electron chi connectivity index (χ0n) is 17.4. The van der Waals surface area contributed by atoms with Gasteiger partial charge in [-0.15, -0.1) is 0 Å². The van der Waals surface area contributed by atoms with Crippen LogP contribution in [0.5, 0.6) is 11.5 Å². The van der Waals surface area contributed by atoms with Gasteiger partial charge in [0.25, 0.3) is 0 Å². The lowest BCUT2D eigenvalue weighted by Crippen LogP contribution is -2.49. The summed E-state index contributed by atoms with van der Waals surface area (Å²) in [5, 5.41) is 24.4. The van der Waals surface area contributed by atoms with Crippen molar-refractivity contribution in [3.8, 4) is 11.5 Å². The first-order valence-electron chi connectivity index (χ1n) is 10.2. The van der Waals surface area contributed by atoms with Crippen LogP contribution < -0.4 is 14.8 Å². The monoisotopic (exact) mass is 408 g/mol. The van der Waals surface area contributed by atoms with Crippen LogP contribution in [0.25, 0.3) is 0 Å². The van der Waals surface area contributed by atoms with E-state index in [0.717, 1.165) is 5.69 Å². The third kappa shape index (κ3) is 6.14. The van der Waals surface area contributed by atoms with Crippen molar-refractivity contribution >= 4 is 11.8 Å². The van der Waals surface area contributed by atoms with Crippen molar-refractivity contribution < 1.29 is 29.2 Å². The fourth-order valence-corrected chi connectivity index (χ4v) is 3.54. The maximum atomic E-state index is 12.2. The minimum Gasteiger partial charge on any atom is -0.486 e. The molecule has 1 fully saturated rings. The number of hydrogen-bond acceptors (Lipinski definition) is 7. The van der Waals surface area contributed by atoms with Crippen LogP contribution in [0.3, 0.4) is 0 Å². The first-order valence-corrected chi connectivity index (χ1v) is 10.2. The lowest BCUT2D eigenvalue weighted by molar-refractivity contribution is -0.0557. The fraction of sp³-hybridized carbons (Fsp3) is 0.667. The molecule has 2 aliphatic rings. The molecule has 8 nitrogen and oxygen atoms in total. The van der Waals surface area contributed by atoms with E-state index in [4.69, 9.17) is 14.2 Å². The summed E-state index contributed by atoms with van der Waals surface area (Å²) in [5.74, 6) is 1.40. The molecule has 2 heterocycles. The molecule has 1 aromatic carbocycles. The highest BCUT2D eigenvalue weighted by atomic mass is 16.6. The molecule has 1 aromatic rings. The molecule has 1 saturated heterocycles. The Hall–Kier alpha value is -2.19. The zero-order chi connectivity index (χ0) is 21.1. The van der Waals surface area contributed by atoms with Gasteiger partial charge < -0.3 is 34.6 Å². The normalized spacial score (nSPS) is 19.4. The number of ether oxygens (including phenoxy) is 3. The molecule has 0 aromatic heterocycles. The highest BCUT2D eigenvalue weighted by molar-refractivity contribution is 5.68. The number of nitrogens with zero attached hydrogens (tertiary/aromatic N) is 1. The molecule has 0 bridgehead atoms. The molecule has 162 valence electrons. The summed E-state index contributed by atoms with van der Waals surface area (Å²) in [6, 6.07) is 5.55. The van der Waals surface area contributed by atoms with Crippen molar-refractivity contribution in [3.05, 3.63) is 18.2 Å². The maximum absolute atomic E-state index is 12.2. The van der Waals surface area contributed by atoms with Gasteiger partial charge in [-0.2, -0.15) is 0 Å². The molecule has 1 amide bonds. The van der Waals surface area contributed by atoms with Crippen LogP contribution in [0.15, 0.2) is 18.2 Å². The van der Waals surface area contributed by atoms with Crippen LogP contribution in [0.1, 0.15) is 40.0 Å². The number of benzene rings is 1. The molecule has 2 aliphatic heterocycles. The minimum absolute atomic E-state index is 0.243.